The van der Waals surface area contributed by atoms with Gasteiger partial charge in [0, 0.05) is 12.5 Å². The molecule has 0 amide bonds. The van der Waals surface area contributed by atoms with Gasteiger partial charge in [0.1, 0.15) is 6.10 Å². The highest BCUT2D eigenvalue weighted by molar-refractivity contribution is 4.94. The zero-order valence-electron chi connectivity index (χ0n) is 13.0. The molecule has 3 aliphatic heterocycles. The molecule has 0 aromatic carbocycles. The van der Waals surface area contributed by atoms with Crippen molar-refractivity contribution in [1.29, 1.82) is 0 Å². The van der Waals surface area contributed by atoms with Crippen LogP contribution >= 0.6 is 0 Å². The van der Waals surface area contributed by atoms with Crippen molar-refractivity contribution >= 4 is 0 Å². The molecule has 2 saturated carbocycles. The summed E-state index contributed by atoms with van der Waals surface area (Å²) < 4.78 is 29.0. The van der Waals surface area contributed by atoms with Gasteiger partial charge in [-0.15, -0.1) is 0 Å². The Bertz CT molecular complexity index is 416. The molecule has 22 heavy (non-hydrogen) atoms. The number of epoxide rings is 2. The second-order valence-electron chi connectivity index (χ2n) is 7.68. The third-order valence-electron chi connectivity index (χ3n) is 5.97. The molecule has 0 aromatic heterocycles. The van der Waals surface area contributed by atoms with E-state index in [1.807, 2.05) is 0 Å². The van der Waals surface area contributed by atoms with Crippen molar-refractivity contribution in [3.8, 4) is 0 Å². The molecule has 5 aliphatic rings. The van der Waals surface area contributed by atoms with Gasteiger partial charge in [0.25, 0.3) is 0 Å². The largest absolute Gasteiger partial charge is 0.378 e. The Morgan fingerprint density at radius 3 is 2.41 bits per heavy atom. The molecule has 3 heterocycles. The molecule has 3 saturated heterocycles. The summed E-state index contributed by atoms with van der Waals surface area (Å²) in [4.78, 5) is 0. The van der Waals surface area contributed by atoms with Gasteiger partial charge in [-0.3, -0.25) is 0 Å². The Kier molecular flexibility index (Phi) is 3.68. The van der Waals surface area contributed by atoms with Gasteiger partial charge in [0.2, 0.25) is 0 Å². The second-order valence-corrected chi connectivity index (χ2v) is 7.68. The number of fused-ring (bicyclic) bond motifs is 2. The molecule has 0 N–H and O–H groups in total. The average Bonchev–Trinajstić information content (AvgIpc) is 3.43. The lowest BCUT2D eigenvalue weighted by Crippen LogP contribution is -2.28. The molecular weight excluding hydrogens is 284 g/mol. The first-order chi connectivity index (χ1) is 10.8. The van der Waals surface area contributed by atoms with Crippen LogP contribution in [0.5, 0.6) is 0 Å². The van der Waals surface area contributed by atoms with Gasteiger partial charge in [-0.2, -0.15) is 0 Å². The van der Waals surface area contributed by atoms with Gasteiger partial charge in [0.15, 0.2) is 6.29 Å². The van der Waals surface area contributed by atoms with E-state index in [1.165, 1.54) is 32.1 Å². The lowest BCUT2D eigenvalue weighted by molar-refractivity contribution is -0.112. The van der Waals surface area contributed by atoms with Crippen LogP contribution in [0.15, 0.2) is 0 Å². The van der Waals surface area contributed by atoms with Crippen LogP contribution in [-0.2, 0) is 23.7 Å². The Hall–Kier alpha value is -0.200. The van der Waals surface area contributed by atoms with Crippen LogP contribution in [0.25, 0.3) is 0 Å². The van der Waals surface area contributed by atoms with Gasteiger partial charge in [-0.1, -0.05) is 0 Å². The lowest BCUT2D eigenvalue weighted by atomic mass is 9.89. The molecule has 8 unspecified atom stereocenters. The smallest absolute Gasteiger partial charge is 0.161 e. The highest BCUT2D eigenvalue weighted by Crippen LogP contribution is 2.42. The Labute approximate surface area is 131 Å². The molecule has 0 spiro atoms. The molecule has 0 aromatic rings. The summed E-state index contributed by atoms with van der Waals surface area (Å²) in [6.07, 6.45) is 9.32. The molecule has 124 valence electrons. The van der Waals surface area contributed by atoms with Crippen LogP contribution in [0.2, 0.25) is 0 Å². The normalized spacial score (nSPS) is 52.9. The maximum Gasteiger partial charge on any atom is 0.161 e. The number of rotatable bonds is 5. The minimum atomic E-state index is -0.0333. The summed E-state index contributed by atoms with van der Waals surface area (Å²) >= 11 is 0. The molecular formula is C17H26O5. The SMILES string of the molecule is C1CC2OC2CC1COCC1COC(C2CCC3OC3C2)O1. The zero-order valence-corrected chi connectivity index (χ0v) is 13.0. The van der Waals surface area contributed by atoms with Crippen molar-refractivity contribution in [1.82, 2.24) is 0 Å². The summed E-state index contributed by atoms with van der Waals surface area (Å²) in [5.41, 5.74) is 0. The maximum absolute atomic E-state index is 6.06. The summed E-state index contributed by atoms with van der Waals surface area (Å²) in [6.45, 7) is 2.18. The van der Waals surface area contributed by atoms with E-state index in [2.05, 4.69) is 0 Å². The summed E-state index contributed by atoms with van der Waals surface area (Å²) in [5.74, 6) is 1.18. The Morgan fingerprint density at radius 2 is 1.59 bits per heavy atom. The van der Waals surface area contributed by atoms with Crippen molar-refractivity contribution in [3.05, 3.63) is 0 Å². The average molecular weight is 310 g/mol. The van der Waals surface area contributed by atoms with Crippen molar-refractivity contribution < 1.29 is 23.7 Å². The zero-order chi connectivity index (χ0) is 14.5. The Balaban J connectivity index is 1.02. The molecule has 5 nitrogen and oxygen atoms in total. The first-order valence-electron chi connectivity index (χ1n) is 9.01. The van der Waals surface area contributed by atoms with Gasteiger partial charge in [-0.25, -0.2) is 0 Å². The lowest BCUT2D eigenvalue weighted by Gasteiger charge is -2.24. The van der Waals surface area contributed by atoms with E-state index in [-0.39, 0.29) is 12.4 Å². The predicted molar refractivity (Wildman–Crippen MR) is 77.4 cm³/mol. The minimum Gasteiger partial charge on any atom is -0.378 e. The van der Waals surface area contributed by atoms with Crippen LogP contribution in [0.4, 0.5) is 0 Å². The van der Waals surface area contributed by atoms with Crippen molar-refractivity contribution in [2.75, 3.05) is 19.8 Å². The first-order valence-corrected chi connectivity index (χ1v) is 9.01. The van der Waals surface area contributed by atoms with E-state index >= 15 is 0 Å². The molecule has 8 atom stereocenters. The van der Waals surface area contributed by atoms with Crippen LogP contribution in [0, 0.1) is 11.8 Å². The van der Waals surface area contributed by atoms with E-state index < -0.39 is 0 Å². The Morgan fingerprint density at radius 1 is 0.773 bits per heavy atom. The second kappa shape index (κ2) is 5.71. The molecule has 5 heteroatoms. The first kappa shape index (κ1) is 14.2. The van der Waals surface area contributed by atoms with Crippen LogP contribution in [0.3, 0.4) is 0 Å². The highest BCUT2D eigenvalue weighted by atomic mass is 16.7. The maximum atomic E-state index is 6.06. The summed E-state index contributed by atoms with van der Waals surface area (Å²) in [5, 5.41) is 0. The fourth-order valence-electron chi connectivity index (χ4n) is 4.49. The van der Waals surface area contributed by atoms with Gasteiger partial charge in [-0.05, 0) is 44.4 Å². The van der Waals surface area contributed by atoms with Crippen LogP contribution < -0.4 is 0 Å². The summed E-state index contributed by atoms with van der Waals surface area (Å²) in [6, 6.07) is 0. The van der Waals surface area contributed by atoms with Gasteiger partial charge < -0.3 is 23.7 Å². The van der Waals surface area contributed by atoms with E-state index in [0.29, 0.717) is 49.5 Å². The molecule has 5 fully saturated rings. The highest BCUT2D eigenvalue weighted by Gasteiger charge is 2.47. The van der Waals surface area contributed by atoms with Gasteiger partial charge >= 0.3 is 0 Å². The fourth-order valence-corrected chi connectivity index (χ4v) is 4.49. The van der Waals surface area contributed by atoms with E-state index in [4.69, 9.17) is 23.7 Å². The third-order valence-corrected chi connectivity index (χ3v) is 5.97. The van der Waals surface area contributed by atoms with E-state index in [0.717, 1.165) is 13.0 Å². The molecule has 5 rings (SSSR count). The monoisotopic (exact) mass is 310 g/mol. The van der Waals surface area contributed by atoms with E-state index in [1.54, 1.807) is 0 Å². The number of ether oxygens (including phenoxy) is 5. The predicted octanol–water partition coefficient (Wildman–Crippen LogP) is 1.88. The van der Waals surface area contributed by atoms with Gasteiger partial charge in [0.05, 0.1) is 37.6 Å². The quantitative estimate of drug-likeness (QED) is 0.726. The number of hydrogen-bond donors (Lipinski definition) is 0. The van der Waals surface area contributed by atoms with Crippen molar-refractivity contribution in [2.45, 2.75) is 75.3 Å². The fraction of sp³-hybridized carbons (Fsp3) is 1.00. The van der Waals surface area contributed by atoms with Crippen LogP contribution in [0.1, 0.15) is 38.5 Å². The van der Waals surface area contributed by atoms with Crippen molar-refractivity contribution in [3.63, 3.8) is 0 Å². The minimum absolute atomic E-state index is 0.0333. The standard InChI is InChI=1S/C17H26O5/c1-3-13-15(21-13)5-10(1)7-18-8-12-9-19-17(20-12)11-2-4-14-16(6-11)22-14/h10-17H,1-9H2. The molecule has 0 radical (unpaired) electrons. The third kappa shape index (κ3) is 2.94. The molecule has 2 aliphatic carbocycles. The molecule has 0 bridgehead atoms. The topological polar surface area (TPSA) is 52.8 Å². The summed E-state index contributed by atoms with van der Waals surface area (Å²) in [7, 11) is 0. The number of hydrogen-bond acceptors (Lipinski definition) is 5. The van der Waals surface area contributed by atoms with E-state index in [9.17, 15) is 0 Å². The van der Waals surface area contributed by atoms with Crippen LogP contribution in [-0.4, -0.2) is 56.6 Å². The van der Waals surface area contributed by atoms with Crippen molar-refractivity contribution in [2.24, 2.45) is 11.8 Å².